The molecule has 2 bridgehead atoms. The fourth-order valence-electron chi connectivity index (χ4n) is 4.31. The van der Waals surface area contributed by atoms with E-state index in [-0.39, 0.29) is 24.0 Å². The molecule has 9 nitrogen and oxygen atoms in total. The zero-order valence-electron chi connectivity index (χ0n) is 23.9. The number of aliphatic hydroxyl groups excluding tert-OH is 1. The summed E-state index contributed by atoms with van der Waals surface area (Å²) in [5.74, 6) is -1.55. The molecule has 5 unspecified atom stereocenters. The monoisotopic (exact) mass is 554 g/mol. The lowest BCUT2D eigenvalue weighted by atomic mass is 9.90. The molecule has 0 aromatic heterocycles. The van der Waals surface area contributed by atoms with Crippen LogP contribution < -0.4 is 10.6 Å². The second-order valence-corrected chi connectivity index (χ2v) is 10.0. The maximum Gasteiger partial charge on any atom is 0.328 e. The molecule has 2 amide bonds. The third kappa shape index (κ3) is 11.2. The molecule has 5 atom stereocenters. The summed E-state index contributed by atoms with van der Waals surface area (Å²) in [6, 6.07) is 4.11. The molecule has 1 aromatic carbocycles. The highest BCUT2D eigenvalue weighted by atomic mass is 16.5. The Kier molecular flexibility index (Phi) is 13.4. The molecule has 2 rings (SSSR count). The number of methoxy groups -OCH3 is 1. The van der Waals surface area contributed by atoms with Gasteiger partial charge in [-0.2, -0.15) is 0 Å². The molecule has 0 spiro atoms. The fraction of sp³-hybridized carbons (Fsp3) is 0.452. The van der Waals surface area contributed by atoms with Gasteiger partial charge in [0.2, 0.25) is 11.8 Å². The smallest absolute Gasteiger partial charge is 0.328 e. The van der Waals surface area contributed by atoms with Crippen molar-refractivity contribution in [3.63, 3.8) is 0 Å². The Morgan fingerprint density at radius 1 is 1.15 bits per heavy atom. The molecule has 0 saturated heterocycles. The Morgan fingerprint density at radius 3 is 2.58 bits per heavy atom. The predicted molar refractivity (Wildman–Crippen MR) is 155 cm³/mol. The molecule has 0 fully saturated rings. The van der Waals surface area contributed by atoms with Gasteiger partial charge in [0.05, 0.1) is 18.6 Å². The summed E-state index contributed by atoms with van der Waals surface area (Å²) in [5.41, 5.74) is 2.04. The number of esters is 1. The van der Waals surface area contributed by atoms with Crippen LogP contribution in [0.25, 0.3) is 0 Å². The molecule has 218 valence electrons. The summed E-state index contributed by atoms with van der Waals surface area (Å²) in [6.45, 7) is 6.52. The van der Waals surface area contributed by atoms with Crippen LogP contribution in [-0.4, -0.2) is 59.5 Å². The number of carbonyl (C=O) groups excluding carboxylic acids is 3. The third-order valence-electron chi connectivity index (χ3n) is 6.61. The number of fused-ring (bicyclic) bond motifs is 2. The maximum atomic E-state index is 12.7. The number of hydrogen-bond donors (Lipinski definition) is 4. The number of aliphatic hydroxyl groups is 1. The van der Waals surface area contributed by atoms with E-state index in [4.69, 9.17) is 9.47 Å². The number of aromatic hydroxyl groups is 1. The number of phenols is 1. The Morgan fingerprint density at radius 2 is 1.88 bits per heavy atom. The summed E-state index contributed by atoms with van der Waals surface area (Å²) in [7, 11) is 1.53. The van der Waals surface area contributed by atoms with E-state index in [0.29, 0.717) is 24.9 Å². The molecule has 9 heteroatoms. The number of hydrogen-bond acceptors (Lipinski definition) is 7. The number of benzene rings is 1. The lowest BCUT2D eigenvalue weighted by Gasteiger charge is -2.29. The van der Waals surface area contributed by atoms with Gasteiger partial charge in [-0.1, -0.05) is 49.5 Å². The fourth-order valence-corrected chi connectivity index (χ4v) is 4.31. The maximum absolute atomic E-state index is 12.7. The Balaban J connectivity index is 2.33. The quantitative estimate of drug-likeness (QED) is 0.325. The summed E-state index contributed by atoms with van der Waals surface area (Å²) in [6.07, 6.45) is 12.3. The molecular formula is C31H42N2O7. The van der Waals surface area contributed by atoms with Crippen molar-refractivity contribution in [2.75, 3.05) is 12.4 Å². The van der Waals surface area contributed by atoms with Gasteiger partial charge in [0, 0.05) is 38.1 Å². The van der Waals surface area contributed by atoms with Gasteiger partial charge in [-0.05, 0) is 50.0 Å². The van der Waals surface area contributed by atoms with E-state index in [1.165, 1.54) is 20.1 Å². The zero-order valence-corrected chi connectivity index (χ0v) is 23.9. The Bertz CT molecular complexity index is 1140. The second-order valence-electron chi connectivity index (χ2n) is 10.0. The van der Waals surface area contributed by atoms with Crippen molar-refractivity contribution in [1.29, 1.82) is 0 Å². The zero-order chi connectivity index (χ0) is 29.7. The topological polar surface area (TPSA) is 134 Å². The molecule has 1 aliphatic rings. The van der Waals surface area contributed by atoms with Gasteiger partial charge in [0.25, 0.3) is 0 Å². The molecule has 40 heavy (non-hydrogen) atoms. The number of nitrogens with one attached hydrogen (secondary N) is 2. The number of carbonyl (C=O) groups is 3. The molecular weight excluding hydrogens is 512 g/mol. The first-order valence-corrected chi connectivity index (χ1v) is 13.5. The SMILES string of the molecule is COC1C=CC=CC=CCC(OC(=O)C(C)NC(C)=O)C(C)C(O)C(C)=CCCc2cc(O)cc(c2)NC(=O)C1. The van der Waals surface area contributed by atoms with Crippen LogP contribution in [-0.2, 0) is 30.3 Å². The van der Waals surface area contributed by atoms with E-state index >= 15 is 0 Å². The van der Waals surface area contributed by atoms with E-state index in [1.807, 2.05) is 26.0 Å². The van der Waals surface area contributed by atoms with E-state index < -0.39 is 36.2 Å². The number of ether oxygens (including phenoxy) is 2. The van der Waals surface area contributed by atoms with Gasteiger partial charge in [0.1, 0.15) is 17.9 Å². The van der Waals surface area contributed by atoms with Crippen LogP contribution in [0.5, 0.6) is 5.75 Å². The lowest BCUT2D eigenvalue weighted by molar-refractivity contribution is -0.156. The van der Waals surface area contributed by atoms with Crippen LogP contribution in [0.3, 0.4) is 0 Å². The van der Waals surface area contributed by atoms with Crippen LogP contribution in [0.2, 0.25) is 0 Å². The third-order valence-corrected chi connectivity index (χ3v) is 6.61. The van der Waals surface area contributed by atoms with Crippen LogP contribution in [0.4, 0.5) is 5.69 Å². The van der Waals surface area contributed by atoms with Gasteiger partial charge in [-0.15, -0.1) is 0 Å². The normalized spacial score (nSPS) is 23.8. The van der Waals surface area contributed by atoms with E-state index in [2.05, 4.69) is 10.6 Å². The van der Waals surface area contributed by atoms with Crippen LogP contribution in [0, 0.1) is 5.92 Å². The van der Waals surface area contributed by atoms with Crippen molar-refractivity contribution in [2.24, 2.45) is 5.92 Å². The molecule has 0 radical (unpaired) electrons. The van der Waals surface area contributed by atoms with Crippen molar-refractivity contribution in [3.05, 3.63) is 71.9 Å². The van der Waals surface area contributed by atoms with Gasteiger partial charge < -0.3 is 30.3 Å². The van der Waals surface area contributed by atoms with Crippen molar-refractivity contribution < 1.29 is 34.1 Å². The van der Waals surface area contributed by atoms with Gasteiger partial charge in [-0.3, -0.25) is 9.59 Å². The number of aryl methyl sites for hydroxylation is 1. The highest BCUT2D eigenvalue weighted by molar-refractivity contribution is 5.91. The molecule has 0 saturated carbocycles. The summed E-state index contributed by atoms with van der Waals surface area (Å²) >= 11 is 0. The van der Waals surface area contributed by atoms with Crippen molar-refractivity contribution >= 4 is 23.5 Å². The first-order valence-electron chi connectivity index (χ1n) is 13.5. The number of allylic oxidation sites excluding steroid dienone is 5. The summed E-state index contributed by atoms with van der Waals surface area (Å²) < 4.78 is 11.1. The molecule has 4 N–H and O–H groups in total. The largest absolute Gasteiger partial charge is 0.508 e. The summed E-state index contributed by atoms with van der Waals surface area (Å²) in [4.78, 5) is 36.6. The van der Waals surface area contributed by atoms with Crippen LogP contribution >= 0.6 is 0 Å². The minimum Gasteiger partial charge on any atom is -0.508 e. The van der Waals surface area contributed by atoms with Crippen LogP contribution in [0.1, 0.15) is 52.5 Å². The summed E-state index contributed by atoms with van der Waals surface area (Å²) in [5, 5.41) is 26.6. The molecule has 1 aliphatic heterocycles. The highest BCUT2D eigenvalue weighted by Gasteiger charge is 2.29. The molecule has 1 heterocycles. The number of amides is 2. The average Bonchev–Trinajstić information content (AvgIpc) is 2.88. The van der Waals surface area contributed by atoms with Gasteiger partial charge in [-0.25, -0.2) is 4.79 Å². The molecule has 1 aromatic rings. The van der Waals surface area contributed by atoms with E-state index in [0.717, 1.165) is 11.1 Å². The minimum atomic E-state index is -0.875. The van der Waals surface area contributed by atoms with Crippen molar-refractivity contribution in [1.82, 2.24) is 5.32 Å². The second kappa shape index (κ2) is 16.4. The standard InChI is InChI=1S/C31H42N2O7/c1-20-12-11-13-24-16-25(18-26(35)17-24)33-29(36)19-27(39-5)14-9-7-6-8-10-15-28(21(2)30(20)37)40-31(38)22(3)32-23(4)34/h6-10,12,14,16-18,21-22,27-28,30,35,37H,11,13,15,19H2,1-5H3,(H,32,34)(H,33,36). The predicted octanol–water partition coefficient (Wildman–Crippen LogP) is 4.12. The number of phenolic OH excluding ortho intramolecular Hbond substituents is 1. The van der Waals surface area contributed by atoms with E-state index in [9.17, 15) is 24.6 Å². The number of anilines is 1. The first kappa shape index (κ1) is 32.5. The Hall–Kier alpha value is -3.69. The van der Waals surface area contributed by atoms with Crippen molar-refractivity contribution in [2.45, 2.75) is 77.7 Å². The Labute approximate surface area is 236 Å². The lowest BCUT2D eigenvalue weighted by Crippen LogP contribution is -2.42. The van der Waals surface area contributed by atoms with Gasteiger partial charge in [0.15, 0.2) is 0 Å². The van der Waals surface area contributed by atoms with E-state index in [1.54, 1.807) is 49.4 Å². The number of rotatable bonds is 4. The minimum absolute atomic E-state index is 0.0412. The first-order chi connectivity index (χ1) is 19.0. The molecule has 0 aliphatic carbocycles. The highest BCUT2D eigenvalue weighted by Crippen LogP contribution is 2.24. The van der Waals surface area contributed by atoms with Crippen molar-refractivity contribution in [3.8, 4) is 5.75 Å². The van der Waals surface area contributed by atoms with Crippen LogP contribution in [0.15, 0.2) is 66.3 Å². The van der Waals surface area contributed by atoms with Gasteiger partial charge >= 0.3 is 5.97 Å². The average molecular weight is 555 g/mol.